The van der Waals surface area contributed by atoms with Crippen molar-refractivity contribution in [2.24, 2.45) is 9.50 Å². The first-order valence-corrected chi connectivity index (χ1v) is 11.6. The number of amides is 2. The first-order chi connectivity index (χ1) is 12.9. The minimum absolute atomic E-state index is 0.327. The fourth-order valence-corrected chi connectivity index (χ4v) is 5.89. The van der Waals surface area contributed by atoms with E-state index in [4.69, 9.17) is 10.1 Å². The average Bonchev–Trinajstić information content (AvgIpc) is 3.34. The highest BCUT2D eigenvalue weighted by molar-refractivity contribution is 7.93. The summed E-state index contributed by atoms with van der Waals surface area (Å²) in [5.41, 5.74) is 5.16. The second-order valence-corrected chi connectivity index (χ2v) is 10.2. The van der Waals surface area contributed by atoms with Crippen molar-refractivity contribution in [1.82, 2.24) is 9.97 Å². The van der Waals surface area contributed by atoms with Crippen LogP contribution in [0.4, 0.5) is 10.5 Å². The van der Waals surface area contributed by atoms with E-state index in [1.54, 1.807) is 0 Å². The topological polar surface area (TPSA) is 110 Å². The minimum atomic E-state index is -3.30. The van der Waals surface area contributed by atoms with Gasteiger partial charge in [-0.05, 0) is 55.6 Å². The molecular formula is C18H23N5O2S2. The van der Waals surface area contributed by atoms with Crippen LogP contribution in [0.1, 0.15) is 60.1 Å². The quantitative estimate of drug-likeness (QED) is 0.813. The van der Waals surface area contributed by atoms with Gasteiger partial charge in [-0.1, -0.05) is 13.8 Å². The van der Waals surface area contributed by atoms with Crippen molar-refractivity contribution in [3.63, 3.8) is 0 Å². The van der Waals surface area contributed by atoms with E-state index in [2.05, 4.69) is 21.6 Å². The summed E-state index contributed by atoms with van der Waals surface area (Å²) in [5.74, 6) is 0.391. The number of thiazole rings is 1. The van der Waals surface area contributed by atoms with Crippen molar-refractivity contribution >= 4 is 33.0 Å². The van der Waals surface area contributed by atoms with Crippen LogP contribution >= 0.6 is 11.3 Å². The van der Waals surface area contributed by atoms with Crippen molar-refractivity contribution < 1.29 is 9.00 Å². The number of hydrogen-bond donors (Lipinski definition) is 2. The summed E-state index contributed by atoms with van der Waals surface area (Å²) >= 11 is 1.23. The lowest BCUT2D eigenvalue weighted by molar-refractivity contribution is 0.260. The SMILES string of the molecule is CCc1ncc(S(N)(=O)=NC(=O)Nc2c3c(nc4c2CC[C@H]4C)CCC3)s1. The smallest absolute Gasteiger partial charge is 0.305 e. The highest BCUT2D eigenvalue weighted by atomic mass is 32.2. The zero-order chi connectivity index (χ0) is 19.2. The summed E-state index contributed by atoms with van der Waals surface area (Å²) in [6, 6.07) is -0.670. The highest BCUT2D eigenvalue weighted by Gasteiger charge is 2.30. The van der Waals surface area contributed by atoms with Gasteiger partial charge >= 0.3 is 6.03 Å². The van der Waals surface area contributed by atoms with Gasteiger partial charge in [-0.25, -0.2) is 19.1 Å². The first-order valence-electron chi connectivity index (χ1n) is 9.24. The lowest BCUT2D eigenvalue weighted by Crippen LogP contribution is -2.18. The largest absolute Gasteiger partial charge is 0.354 e. The fraction of sp³-hybridized carbons (Fsp3) is 0.500. The molecule has 1 unspecified atom stereocenters. The molecule has 0 saturated carbocycles. The molecule has 0 fully saturated rings. The average molecular weight is 406 g/mol. The molecule has 0 radical (unpaired) electrons. The van der Waals surface area contributed by atoms with Crippen LogP contribution in [0, 0.1) is 0 Å². The molecule has 2 aliphatic carbocycles. The summed E-state index contributed by atoms with van der Waals surface area (Å²) in [5, 5.41) is 9.57. The van der Waals surface area contributed by atoms with E-state index in [9.17, 15) is 9.00 Å². The van der Waals surface area contributed by atoms with Crippen LogP contribution in [-0.2, 0) is 35.6 Å². The number of nitrogens with two attached hydrogens (primary N) is 1. The zero-order valence-corrected chi connectivity index (χ0v) is 17.1. The highest BCUT2D eigenvalue weighted by Crippen LogP contribution is 2.41. The molecule has 2 aliphatic rings. The third-order valence-corrected chi connectivity index (χ3v) is 8.25. The third kappa shape index (κ3) is 3.39. The molecule has 0 saturated heterocycles. The summed E-state index contributed by atoms with van der Waals surface area (Å²) in [7, 11) is -3.30. The molecule has 27 heavy (non-hydrogen) atoms. The maximum atomic E-state index is 12.7. The van der Waals surface area contributed by atoms with Gasteiger partial charge in [0.25, 0.3) is 0 Å². The van der Waals surface area contributed by atoms with Crippen molar-refractivity contribution in [2.45, 2.75) is 62.5 Å². The Kier molecular flexibility index (Phi) is 4.77. The van der Waals surface area contributed by atoms with E-state index in [-0.39, 0.29) is 0 Å². The van der Waals surface area contributed by atoms with Gasteiger partial charge in [0.2, 0.25) is 0 Å². The van der Waals surface area contributed by atoms with Crippen LogP contribution in [0.3, 0.4) is 0 Å². The zero-order valence-electron chi connectivity index (χ0n) is 15.4. The molecule has 2 aromatic heterocycles. The van der Waals surface area contributed by atoms with Gasteiger partial charge < -0.3 is 5.32 Å². The Morgan fingerprint density at radius 1 is 1.41 bits per heavy atom. The molecule has 0 spiro atoms. The molecule has 0 bridgehead atoms. The van der Waals surface area contributed by atoms with Gasteiger partial charge in [0, 0.05) is 11.4 Å². The molecule has 2 heterocycles. The predicted octanol–water partition coefficient (Wildman–Crippen LogP) is 3.57. The van der Waals surface area contributed by atoms with Gasteiger partial charge in [0.05, 0.1) is 16.9 Å². The maximum Gasteiger partial charge on any atom is 0.354 e. The van der Waals surface area contributed by atoms with Crippen LogP contribution in [-0.4, -0.2) is 20.2 Å². The fourth-order valence-electron chi connectivity index (χ4n) is 3.84. The van der Waals surface area contributed by atoms with Gasteiger partial charge in [-0.2, -0.15) is 0 Å². The van der Waals surface area contributed by atoms with Crippen molar-refractivity contribution in [3.8, 4) is 0 Å². The molecule has 2 atom stereocenters. The molecule has 2 aromatic rings. The van der Waals surface area contributed by atoms with Crippen LogP contribution in [0.5, 0.6) is 0 Å². The Balaban J connectivity index is 1.68. The number of urea groups is 1. The van der Waals surface area contributed by atoms with Crippen LogP contribution < -0.4 is 10.5 Å². The number of pyridine rings is 1. The van der Waals surface area contributed by atoms with E-state index in [0.29, 0.717) is 10.1 Å². The Morgan fingerprint density at radius 3 is 2.96 bits per heavy atom. The number of carbonyl (C=O) groups excluding carboxylic acids is 1. The number of aromatic nitrogens is 2. The maximum absolute atomic E-state index is 12.7. The Bertz CT molecular complexity index is 1040. The Labute approximate surface area is 163 Å². The second-order valence-electron chi connectivity index (χ2n) is 7.09. The molecule has 7 nitrogen and oxygen atoms in total. The summed E-state index contributed by atoms with van der Waals surface area (Å²) < 4.78 is 16.9. The summed E-state index contributed by atoms with van der Waals surface area (Å²) in [4.78, 5) is 21.6. The Morgan fingerprint density at radius 2 is 2.22 bits per heavy atom. The van der Waals surface area contributed by atoms with E-state index in [1.165, 1.54) is 17.5 Å². The number of carbonyl (C=O) groups is 1. The number of nitrogens with zero attached hydrogens (tertiary/aromatic N) is 3. The molecule has 4 rings (SSSR count). The van der Waals surface area contributed by atoms with Crippen LogP contribution in [0.25, 0.3) is 0 Å². The number of hydrogen-bond acceptors (Lipinski definition) is 5. The normalized spacial score (nSPS) is 20.0. The summed E-state index contributed by atoms with van der Waals surface area (Å²) in [6.07, 6.45) is 6.95. The van der Waals surface area contributed by atoms with E-state index in [0.717, 1.165) is 71.7 Å². The summed E-state index contributed by atoms with van der Waals surface area (Å²) in [6.45, 7) is 4.12. The monoisotopic (exact) mass is 405 g/mol. The van der Waals surface area contributed by atoms with Crippen molar-refractivity contribution in [2.75, 3.05) is 5.32 Å². The standard InChI is InChI=1S/C18H23N5O2S2/c1-3-14-20-9-15(26-14)27(19,25)23-18(24)22-17-11-5-4-6-13(11)21-16-10(2)7-8-12(16)17/h9-10H,3-8H2,1-2H3,(H3,19,21,22,23,24,25)/t10-,27?/m1/s1. The molecule has 2 amide bonds. The predicted molar refractivity (Wildman–Crippen MR) is 107 cm³/mol. The van der Waals surface area contributed by atoms with Crippen molar-refractivity contribution in [1.29, 1.82) is 0 Å². The first kappa shape index (κ1) is 18.5. The van der Waals surface area contributed by atoms with Gasteiger partial charge in [-0.15, -0.1) is 15.7 Å². The van der Waals surface area contributed by atoms with Gasteiger partial charge in [0.15, 0.2) is 9.92 Å². The van der Waals surface area contributed by atoms with Crippen molar-refractivity contribution in [3.05, 3.63) is 33.7 Å². The van der Waals surface area contributed by atoms with Gasteiger partial charge in [0.1, 0.15) is 4.21 Å². The molecular weight excluding hydrogens is 382 g/mol. The van der Waals surface area contributed by atoms with E-state index >= 15 is 0 Å². The number of rotatable bonds is 3. The number of nitrogens with one attached hydrogen (secondary N) is 1. The molecule has 9 heteroatoms. The lowest BCUT2D eigenvalue weighted by Gasteiger charge is -2.15. The lowest BCUT2D eigenvalue weighted by atomic mass is 10.0. The molecule has 0 aromatic carbocycles. The number of fused-ring (bicyclic) bond motifs is 2. The minimum Gasteiger partial charge on any atom is -0.305 e. The second kappa shape index (κ2) is 6.96. The Hall–Kier alpha value is -1.84. The van der Waals surface area contributed by atoms with Crippen LogP contribution in [0.2, 0.25) is 0 Å². The van der Waals surface area contributed by atoms with Gasteiger partial charge in [-0.3, -0.25) is 4.98 Å². The third-order valence-electron chi connectivity index (χ3n) is 5.22. The van der Waals surface area contributed by atoms with Crippen LogP contribution in [0.15, 0.2) is 14.8 Å². The number of aryl methyl sites for hydroxylation is 2. The molecule has 3 N–H and O–H groups in total. The molecule has 0 aliphatic heterocycles. The van der Waals surface area contributed by atoms with E-state index < -0.39 is 15.9 Å². The number of anilines is 1. The van der Waals surface area contributed by atoms with E-state index in [1.807, 2.05) is 6.92 Å². The molecule has 144 valence electrons.